The van der Waals surface area contributed by atoms with Crippen molar-refractivity contribution < 1.29 is 14.4 Å². The number of nitrogens with one attached hydrogen (secondary N) is 2. The largest absolute Gasteiger partial charge is 0.497 e. The number of carbonyl (C=O) groups excluding carboxylic acids is 1. The minimum Gasteiger partial charge on any atom is -0.497 e. The number of hydroxylamine groups is 1. The highest BCUT2D eigenvalue weighted by Crippen LogP contribution is 2.21. The molecule has 5 heteroatoms. The van der Waals surface area contributed by atoms with Gasteiger partial charge in [0.25, 0.3) is 0 Å². The van der Waals surface area contributed by atoms with Gasteiger partial charge in [0.05, 0.1) is 13.7 Å². The van der Waals surface area contributed by atoms with Crippen LogP contribution in [-0.2, 0) is 11.4 Å². The lowest BCUT2D eigenvalue weighted by atomic mass is 10.1. The number of hydrogen-bond acceptors (Lipinski definition) is 3. The summed E-state index contributed by atoms with van der Waals surface area (Å²) in [5.41, 5.74) is 3.31. The second kappa shape index (κ2) is 6.77. The molecule has 2 aromatic rings. The van der Waals surface area contributed by atoms with E-state index in [1.165, 1.54) is 0 Å². The molecule has 0 bridgehead atoms. The highest BCUT2D eigenvalue weighted by atomic mass is 16.7. The van der Waals surface area contributed by atoms with Crippen LogP contribution in [0.3, 0.4) is 0 Å². The van der Waals surface area contributed by atoms with E-state index in [0.717, 1.165) is 22.1 Å². The van der Waals surface area contributed by atoms with E-state index in [2.05, 4.69) is 10.8 Å². The summed E-state index contributed by atoms with van der Waals surface area (Å²) in [5, 5.41) is 4.93. The Morgan fingerprint density at radius 2 is 1.90 bits per heavy atom. The molecule has 0 fully saturated rings. The van der Waals surface area contributed by atoms with Crippen LogP contribution in [0.25, 0.3) is 10.8 Å². The van der Waals surface area contributed by atoms with Gasteiger partial charge in [-0.3, -0.25) is 4.84 Å². The lowest BCUT2D eigenvalue weighted by Gasteiger charge is -2.08. The number of urea groups is 1. The number of methoxy groups -OCH3 is 1. The average Bonchev–Trinajstić information content (AvgIpc) is 2.50. The van der Waals surface area contributed by atoms with E-state index < -0.39 is 0 Å². The number of rotatable bonds is 5. The van der Waals surface area contributed by atoms with Gasteiger partial charge in [-0.2, -0.15) is 0 Å². The van der Waals surface area contributed by atoms with Crippen LogP contribution in [0.2, 0.25) is 0 Å². The summed E-state index contributed by atoms with van der Waals surface area (Å²) in [4.78, 5) is 16.2. The molecule has 0 radical (unpaired) electrons. The zero-order chi connectivity index (χ0) is 14.4. The fraction of sp³-hybridized carbons (Fsp3) is 0.267. The van der Waals surface area contributed by atoms with Crippen LogP contribution in [0.5, 0.6) is 5.75 Å². The SMILES string of the molecule is CCONC(=O)NCc1ccc2cc(OC)ccc2c1. The van der Waals surface area contributed by atoms with Crippen LogP contribution >= 0.6 is 0 Å². The smallest absolute Gasteiger partial charge is 0.338 e. The van der Waals surface area contributed by atoms with Crippen LogP contribution in [0.15, 0.2) is 36.4 Å². The maximum Gasteiger partial charge on any atom is 0.338 e. The first-order valence-corrected chi connectivity index (χ1v) is 6.45. The van der Waals surface area contributed by atoms with Crippen molar-refractivity contribution >= 4 is 16.8 Å². The fourth-order valence-corrected chi connectivity index (χ4v) is 1.87. The van der Waals surface area contributed by atoms with Gasteiger partial charge in [0.2, 0.25) is 0 Å². The molecule has 5 nitrogen and oxygen atoms in total. The van der Waals surface area contributed by atoms with Crippen molar-refractivity contribution in [3.8, 4) is 5.75 Å². The maximum atomic E-state index is 11.4. The highest BCUT2D eigenvalue weighted by Gasteiger charge is 2.02. The van der Waals surface area contributed by atoms with Gasteiger partial charge in [0, 0.05) is 6.54 Å². The zero-order valence-corrected chi connectivity index (χ0v) is 11.6. The summed E-state index contributed by atoms with van der Waals surface area (Å²) in [7, 11) is 1.65. The van der Waals surface area contributed by atoms with Gasteiger partial charge in [-0.1, -0.05) is 18.2 Å². The second-order valence-corrected chi connectivity index (χ2v) is 4.27. The van der Waals surface area contributed by atoms with Crippen molar-refractivity contribution in [2.45, 2.75) is 13.5 Å². The summed E-state index contributed by atoms with van der Waals surface area (Å²) in [5.74, 6) is 0.833. The minimum absolute atomic E-state index is 0.346. The molecule has 0 saturated carbocycles. The van der Waals surface area contributed by atoms with Gasteiger partial charge in [0.15, 0.2) is 0 Å². The number of carbonyl (C=O) groups is 1. The third kappa shape index (κ3) is 3.61. The molecule has 0 unspecified atom stereocenters. The van der Waals surface area contributed by atoms with Crippen molar-refractivity contribution in [1.29, 1.82) is 0 Å². The molecule has 106 valence electrons. The number of fused-ring (bicyclic) bond motifs is 1. The Labute approximate surface area is 117 Å². The third-order valence-corrected chi connectivity index (χ3v) is 2.87. The minimum atomic E-state index is -0.346. The topological polar surface area (TPSA) is 59.6 Å². The molecule has 20 heavy (non-hydrogen) atoms. The molecule has 0 aromatic heterocycles. The molecule has 2 aromatic carbocycles. The summed E-state index contributed by atoms with van der Waals surface area (Å²) in [6.07, 6.45) is 0. The number of hydrogen-bond donors (Lipinski definition) is 2. The van der Waals surface area contributed by atoms with E-state index in [4.69, 9.17) is 9.57 Å². The van der Waals surface area contributed by atoms with Crippen molar-refractivity contribution in [3.63, 3.8) is 0 Å². The zero-order valence-electron chi connectivity index (χ0n) is 11.6. The van der Waals surface area contributed by atoms with E-state index in [-0.39, 0.29) is 6.03 Å². The Kier molecular flexibility index (Phi) is 4.79. The van der Waals surface area contributed by atoms with E-state index >= 15 is 0 Å². The predicted molar refractivity (Wildman–Crippen MR) is 77.5 cm³/mol. The van der Waals surface area contributed by atoms with Gasteiger partial charge in [-0.05, 0) is 41.5 Å². The van der Waals surface area contributed by atoms with Crippen molar-refractivity contribution in [2.75, 3.05) is 13.7 Å². The van der Waals surface area contributed by atoms with Crippen LogP contribution in [0.4, 0.5) is 4.79 Å². The van der Waals surface area contributed by atoms with Gasteiger partial charge in [-0.15, -0.1) is 0 Å². The molecule has 0 aliphatic carbocycles. The lowest BCUT2D eigenvalue weighted by molar-refractivity contribution is 0.0705. The Morgan fingerprint density at radius 3 is 2.65 bits per heavy atom. The Hall–Kier alpha value is -2.27. The molecular formula is C15H18N2O3. The van der Waals surface area contributed by atoms with Gasteiger partial charge < -0.3 is 10.1 Å². The van der Waals surface area contributed by atoms with Crippen LogP contribution in [-0.4, -0.2) is 19.7 Å². The molecule has 2 amide bonds. The first kappa shape index (κ1) is 14.1. The second-order valence-electron chi connectivity index (χ2n) is 4.27. The Bertz CT molecular complexity index is 599. The fourth-order valence-electron chi connectivity index (χ4n) is 1.87. The molecular weight excluding hydrogens is 256 g/mol. The molecule has 0 aliphatic rings. The van der Waals surface area contributed by atoms with Gasteiger partial charge >= 0.3 is 6.03 Å². The van der Waals surface area contributed by atoms with E-state index in [1.807, 2.05) is 36.4 Å². The lowest BCUT2D eigenvalue weighted by Crippen LogP contribution is -2.34. The van der Waals surface area contributed by atoms with Crippen molar-refractivity contribution in [3.05, 3.63) is 42.0 Å². The standard InChI is InChI=1S/C15H18N2O3/c1-3-20-17-15(18)16-10-11-4-5-13-9-14(19-2)7-6-12(13)8-11/h4-9H,3,10H2,1-2H3,(H2,16,17,18). The van der Waals surface area contributed by atoms with Crippen LogP contribution in [0.1, 0.15) is 12.5 Å². The molecule has 2 rings (SSSR count). The quantitative estimate of drug-likeness (QED) is 0.824. The van der Waals surface area contributed by atoms with Crippen molar-refractivity contribution in [1.82, 2.24) is 10.8 Å². The summed E-state index contributed by atoms with van der Waals surface area (Å²) in [6.45, 7) is 2.68. The summed E-state index contributed by atoms with van der Waals surface area (Å²) < 4.78 is 5.19. The number of benzene rings is 2. The summed E-state index contributed by atoms with van der Waals surface area (Å²) in [6, 6.07) is 11.6. The normalized spacial score (nSPS) is 10.3. The molecule has 0 heterocycles. The molecule has 2 N–H and O–H groups in total. The predicted octanol–water partition coefficient (Wildman–Crippen LogP) is 2.60. The van der Waals surface area contributed by atoms with Crippen LogP contribution < -0.4 is 15.5 Å². The number of ether oxygens (including phenoxy) is 1. The van der Waals surface area contributed by atoms with E-state index in [0.29, 0.717) is 13.2 Å². The molecule has 0 atom stereocenters. The molecule has 0 spiro atoms. The Morgan fingerprint density at radius 1 is 1.15 bits per heavy atom. The van der Waals surface area contributed by atoms with E-state index in [9.17, 15) is 4.79 Å². The highest BCUT2D eigenvalue weighted by molar-refractivity contribution is 5.84. The van der Waals surface area contributed by atoms with Crippen LogP contribution in [0, 0.1) is 0 Å². The molecule has 0 aliphatic heterocycles. The van der Waals surface area contributed by atoms with E-state index in [1.54, 1.807) is 14.0 Å². The average molecular weight is 274 g/mol. The Balaban J connectivity index is 2.03. The maximum absolute atomic E-state index is 11.4. The van der Waals surface area contributed by atoms with Crippen molar-refractivity contribution in [2.24, 2.45) is 0 Å². The molecule has 0 saturated heterocycles. The third-order valence-electron chi connectivity index (χ3n) is 2.87. The monoisotopic (exact) mass is 274 g/mol. The van der Waals surface area contributed by atoms with Gasteiger partial charge in [-0.25, -0.2) is 10.3 Å². The van der Waals surface area contributed by atoms with Gasteiger partial charge in [0.1, 0.15) is 5.75 Å². The first-order valence-electron chi connectivity index (χ1n) is 6.45. The number of amides is 2. The summed E-state index contributed by atoms with van der Waals surface area (Å²) >= 11 is 0. The first-order chi connectivity index (χ1) is 9.72.